The first-order valence-electron chi connectivity index (χ1n) is 12.9. The van der Waals surface area contributed by atoms with Gasteiger partial charge in [0.1, 0.15) is 0 Å². The summed E-state index contributed by atoms with van der Waals surface area (Å²) in [4.78, 5) is 0. The third kappa shape index (κ3) is 7.88. The van der Waals surface area contributed by atoms with Crippen molar-refractivity contribution >= 4 is 34.6 Å². The van der Waals surface area contributed by atoms with Crippen LogP contribution in [0.25, 0.3) is 10.8 Å². The van der Waals surface area contributed by atoms with E-state index in [-0.39, 0.29) is 21.7 Å². The molecule has 0 N–H and O–H groups in total. The van der Waals surface area contributed by atoms with E-state index in [1.165, 1.54) is 54.5 Å². The molecule has 0 radical (unpaired) electrons. The van der Waals surface area contributed by atoms with Crippen molar-refractivity contribution < 1.29 is 21.7 Å². The predicted octanol–water partition coefficient (Wildman–Crippen LogP) is 9.01. The largest absolute Gasteiger partial charge is 2.00 e. The van der Waals surface area contributed by atoms with Crippen LogP contribution in [0.2, 0.25) is 0 Å². The molecular weight excluding hydrogens is 511 g/mol. The van der Waals surface area contributed by atoms with Gasteiger partial charge in [-0.1, -0.05) is 126 Å². The number of fused-ring (bicyclic) bond motifs is 1. The second kappa shape index (κ2) is 15.6. The normalized spacial score (nSPS) is 10.4. The summed E-state index contributed by atoms with van der Waals surface area (Å²) in [5.41, 5.74) is 7.34. The zero-order chi connectivity index (χ0) is 26.8. The Labute approximate surface area is 246 Å². The van der Waals surface area contributed by atoms with Gasteiger partial charge in [-0.05, 0) is 25.5 Å². The van der Waals surface area contributed by atoms with Gasteiger partial charge < -0.3 is 0 Å². The molecule has 0 bridgehead atoms. The first kappa shape index (κ1) is 31.5. The molecule has 0 atom stereocenters. The van der Waals surface area contributed by atoms with E-state index in [0.717, 1.165) is 0 Å². The molecule has 0 fully saturated rings. The smallest absolute Gasteiger partial charge is 0.196 e. The van der Waals surface area contributed by atoms with Crippen molar-refractivity contribution in [2.75, 3.05) is 0 Å². The summed E-state index contributed by atoms with van der Waals surface area (Å²) < 4.78 is 0. The van der Waals surface area contributed by atoms with Gasteiger partial charge >= 0.3 is 21.7 Å². The van der Waals surface area contributed by atoms with Crippen LogP contribution in [0.1, 0.15) is 34.7 Å². The van der Waals surface area contributed by atoms with E-state index in [4.69, 9.17) is 0 Å². The zero-order valence-electron chi connectivity index (χ0n) is 23.6. The molecule has 5 aromatic rings. The first-order chi connectivity index (χ1) is 17.9. The van der Waals surface area contributed by atoms with Crippen LogP contribution in [0, 0.1) is 34.6 Å². The Morgan fingerprint density at radius 2 is 1.21 bits per heavy atom. The van der Waals surface area contributed by atoms with Crippen LogP contribution < -0.4 is 15.9 Å². The van der Waals surface area contributed by atoms with Gasteiger partial charge in [0, 0.05) is 0 Å². The average Bonchev–Trinajstić information content (AvgIpc) is 3.43. The van der Waals surface area contributed by atoms with Crippen LogP contribution in [0.3, 0.4) is 0 Å². The molecule has 0 nitrogen and oxygen atoms in total. The summed E-state index contributed by atoms with van der Waals surface area (Å²) >= 11 is 0. The minimum absolute atomic E-state index is 0. The Morgan fingerprint density at radius 3 is 1.58 bits per heavy atom. The summed E-state index contributed by atoms with van der Waals surface area (Å²) in [7, 11) is -0.493. The van der Waals surface area contributed by atoms with Crippen LogP contribution in [0.5, 0.6) is 0 Å². The van der Waals surface area contributed by atoms with Crippen molar-refractivity contribution in [1.82, 2.24) is 0 Å². The standard InChI is InChI=1S/C21H16P.C10H15.C5H8.Ti/c1-3-11-19(12-4-1)22(20-13-5-2-6-14-20)21-15-17-9-7-8-10-18(17)16-21;1-6-7(2)9(4)10(5)8(6)3;1-3-5-4-2;/h1-16H;1-5H3;3-5H,1H2,2H3;/q2*-1;;+2. The van der Waals surface area contributed by atoms with Crippen molar-refractivity contribution in [3.63, 3.8) is 0 Å². The van der Waals surface area contributed by atoms with Crippen molar-refractivity contribution in [2.24, 2.45) is 0 Å². The topological polar surface area (TPSA) is 0 Å². The maximum absolute atomic E-state index is 3.46. The summed E-state index contributed by atoms with van der Waals surface area (Å²) in [5.74, 6) is 0. The van der Waals surface area contributed by atoms with Crippen LogP contribution in [0.15, 0.2) is 122 Å². The molecule has 5 rings (SSSR count). The molecule has 0 saturated carbocycles. The molecule has 0 aromatic heterocycles. The van der Waals surface area contributed by atoms with Gasteiger partial charge in [0.2, 0.25) is 0 Å². The minimum atomic E-state index is -0.493. The maximum Gasteiger partial charge on any atom is 2.00 e. The first-order valence-corrected chi connectivity index (χ1v) is 14.2. The van der Waals surface area contributed by atoms with Crippen LogP contribution >= 0.6 is 7.92 Å². The number of benzene rings is 3. The van der Waals surface area contributed by atoms with E-state index < -0.39 is 7.92 Å². The molecular formula is C36H39PTi. The summed E-state index contributed by atoms with van der Waals surface area (Å²) in [6, 6.07) is 35.0. The fraction of sp³-hybridized carbons (Fsp3) is 0.167. The van der Waals surface area contributed by atoms with Crippen LogP contribution in [0.4, 0.5) is 0 Å². The molecule has 2 heteroatoms. The summed E-state index contributed by atoms with van der Waals surface area (Å²) in [6.45, 7) is 16.4. The second-order valence-corrected chi connectivity index (χ2v) is 11.5. The van der Waals surface area contributed by atoms with E-state index in [1.54, 1.807) is 6.08 Å². The third-order valence-electron chi connectivity index (χ3n) is 7.03. The molecule has 0 aliphatic rings. The van der Waals surface area contributed by atoms with Crippen LogP contribution in [-0.4, -0.2) is 0 Å². The van der Waals surface area contributed by atoms with Crippen molar-refractivity contribution in [3.05, 3.63) is 150 Å². The molecule has 0 aliphatic carbocycles. The molecule has 192 valence electrons. The second-order valence-electron chi connectivity index (χ2n) is 9.24. The number of rotatable bonds is 4. The van der Waals surface area contributed by atoms with E-state index in [2.05, 4.69) is 138 Å². The SMILES string of the molecule is C=CC=CC.Cc1c(C)c(C)[c-](C)c1C.[Ti+2].c1ccc(P(c2ccccc2)c2cc3ccccc3[cH-]2)cc1. The van der Waals surface area contributed by atoms with E-state index in [9.17, 15) is 0 Å². The summed E-state index contributed by atoms with van der Waals surface area (Å²) in [5, 5.41) is 6.89. The fourth-order valence-corrected chi connectivity index (χ4v) is 6.78. The third-order valence-corrected chi connectivity index (χ3v) is 9.43. The molecule has 38 heavy (non-hydrogen) atoms. The predicted molar refractivity (Wildman–Crippen MR) is 169 cm³/mol. The maximum atomic E-state index is 3.46. The van der Waals surface area contributed by atoms with E-state index in [0.29, 0.717) is 0 Å². The Morgan fingerprint density at radius 1 is 0.737 bits per heavy atom. The molecule has 0 amide bonds. The van der Waals surface area contributed by atoms with E-state index in [1.807, 2.05) is 19.1 Å². The number of allylic oxidation sites excluding steroid dienone is 3. The zero-order valence-corrected chi connectivity index (χ0v) is 26.1. The van der Waals surface area contributed by atoms with Gasteiger partial charge in [0.05, 0.1) is 0 Å². The Bertz CT molecular complexity index is 1280. The van der Waals surface area contributed by atoms with Gasteiger partial charge in [0.25, 0.3) is 0 Å². The molecule has 0 saturated heterocycles. The fourth-order valence-electron chi connectivity index (χ4n) is 4.41. The summed E-state index contributed by atoms with van der Waals surface area (Å²) in [6.07, 6.45) is 5.58. The van der Waals surface area contributed by atoms with Crippen molar-refractivity contribution in [1.29, 1.82) is 0 Å². The molecule has 5 aromatic carbocycles. The monoisotopic (exact) mass is 550 g/mol. The Balaban J connectivity index is 0.000000265. The quantitative estimate of drug-likeness (QED) is 0.0907. The van der Waals surface area contributed by atoms with Crippen molar-refractivity contribution in [3.8, 4) is 0 Å². The molecule has 0 spiro atoms. The van der Waals surface area contributed by atoms with Gasteiger partial charge in [-0.15, -0.1) is 40.3 Å². The van der Waals surface area contributed by atoms with Gasteiger partial charge in [0.15, 0.2) is 0 Å². The average molecular weight is 551 g/mol. The Hall–Kier alpha value is -2.76. The Kier molecular flexibility index (Phi) is 12.9. The van der Waals surface area contributed by atoms with Crippen LogP contribution in [-0.2, 0) is 21.7 Å². The van der Waals surface area contributed by atoms with Gasteiger partial charge in [-0.3, -0.25) is 0 Å². The number of hydrogen-bond acceptors (Lipinski definition) is 0. The van der Waals surface area contributed by atoms with Gasteiger partial charge in [-0.2, -0.15) is 33.9 Å². The molecule has 0 unspecified atom stereocenters. The molecule has 0 heterocycles. The number of hydrogen-bond donors (Lipinski definition) is 0. The molecule has 0 aliphatic heterocycles. The van der Waals surface area contributed by atoms with Gasteiger partial charge in [-0.25, -0.2) is 0 Å². The van der Waals surface area contributed by atoms with Crippen molar-refractivity contribution in [2.45, 2.75) is 41.5 Å². The minimum Gasteiger partial charge on any atom is -0.196 e. The van der Waals surface area contributed by atoms with E-state index >= 15 is 0 Å².